The molecule has 1 aromatic rings. The maximum Gasteiger partial charge on any atom is 0.139 e. The van der Waals surface area contributed by atoms with Gasteiger partial charge in [0.1, 0.15) is 5.78 Å². The largest absolute Gasteiger partial charge is 0.299 e. The zero-order valence-electron chi connectivity index (χ0n) is 6.40. The quantitative estimate of drug-likeness (QED) is 0.647. The Balaban J connectivity index is 0.000000187. The predicted molar refractivity (Wildman–Crippen MR) is 48.8 cm³/mol. The van der Waals surface area contributed by atoms with Gasteiger partial charge >= 0.3 is 0 Å². The molecule has 60 valence electrons. The molecule has 0 aliphatic rings. The normalized spacial score (nSPS) is 7.82. The molecule has 0 atom stereocenters. The van der Waals surface area contributed by atoms with Crippen molar-refractivity contribution in [3.05, 3.63) is 30.6 Å². The second-order valence-corrected chi connectivity index (χ2v) is 2.20. The van der Waals surface area contributed by atoms with Crippen molar-refractivity contribution in [1.29, 1.82) is 0 Å². The molecule has 0 saturated carbocycles. The lowest BCUT2D eigenvalue weighted by Crippen LogP contribution is -1.86. The molecule has 1 rings (SSSR count). The standard InChI is InChI=1S/C5H5N.C3H6OS/c1-2-4-6-5-3-1;1-3(4)2-5/h1-5H;5H,2H2,1H3. The Morgan fingerprint density at radius 1 is 1.36 bits per heavy atom. The minimum Gasteiger partial charge on any atom is -0.299 e. The van der Waals surface area contributed by atoms with Crippen LogP contribution in [0.4, 0.5) is 0 Å². The molecule has 0 N–H and O–H groups in total. The Morgan fingerprint density at radius 3 is 1.91 bits per heavy atom. The molecule has 0 unspecified atom stereocenters. The Labute approximate surface area is 72.1 Å². The van der Waals surface area contributed by atoms with E-state index >= 15 is 0 Å². The maximum absolute atomic E-state index is 9.74. The van der Waals surface area contributed by atoms with E-state index in [1.807, 2.05) is 18.2 Å². The number of thiol groups is 1. The average Bonchev–Trinajstić information content (AvgIpc) is 2.09. The van der Waals surface area contributed by atoms with Gasteiger partial charge in [-0.05, 0) is 19.1 Å². The Bertz CT molecular complexity index is 162. The van der Waals surface area contributed by atoms with Crippen LogP contribution in [0.1, 0.15) is 6.92 Å². The molecule has 0 aliphatic carbocycles. The van der Waals surface area contributed by atoms with Crippen LogP contribution in [0.2, 0.25) is 0 Å². The summed E-state index contributed by atoms with van der Waals surface area (Å²) < 4.78 is 0. The first kappa shape index (κ1) is 10.2. The molecule has 0 spiro atoms. The van der Waals surface area contributed by atoms with E-state index < -0.39 is 0 Å². The molecule has 2 nitrogen and oxygen atoms in total. The van der Waals surface area contributed by atoms with Crippen LogP contribution in [0.5, 0.6) is 0 Å². The third-order valence-corrected chi connectivity index (χ3v) is 1.23. The molecule has 0 aliphatic heterocycles. The second-order valence-electron chi connectivity index (χ2n) is 1.88. The van der Waals surface area contributed by atoms with E-state index in [-0.39, 0.29) is 5.78 Å². The van der Waals surface area contributed by atoms with Crippen molar-refractivity contribution in [1.82, 2.24) is 4.98 Å². The Morgan fingerprint density at radius 2 is 1.82 bits per heavy atom. The number of hydrogen-bond donors (Lipinski definition) is 1. The van der Waals surface area contributed by atoms with E-state index in [1.165, 1.54) is 6.92 Å². The van der Waals surface area contributed by atoms with Crippen LogP contribution in [0, 0.1) is 0 Å². The summed E-state index contributed by atoms with van der Waals surface area (Å²) in [5.41, 5.74) is 0. The summed E-state index contributed by atoms with van der Waals surface area (Å²) in [6.07, 6.45) is 3.50. The predicted octanol–water partition coefficient (Wildman–Crippen LogP) is 1.59. The van der Waals surface area contributed by atoms with Crippen LogP contribution in [-0.4, -0.2) is 16.5 Å². The molecule has 0 fully saturated rings. The van der Waals surface area contributed by atoms with Crippen LogP contribution < -0.4 is 0 Å². The fraction of sp³-hybridized carbons (Fsp3) is 0.250. The summed E-state index contributed by atoms with van der Waals surface area (Å²) in [4.78, 5) is 13.5. The van der Waals surface area contributed by atoms with E-state index in [2.05, 4.69) is 17.6 Å². The second kappa shape index (κ2) is 7.28. The van der Waals surface area contributed by atoms with Crippen molar-refractivity contribution in [3.8, 4) is 0 Å². The number of carbonyl (C=O) groups excluding carboxylic acids is 1. The highest BCUT2D eigenvalue weighted by Crippen LogP contribution is 1.73. The minimum absolute atomic E-state index is 0.119. The fourth-order valence-corrected chi connectivity index (χ4v) is 0.313. The molecule has 0 aromatic carbocycles. The zero-order valence-corrected chi connectivity index (χ0v) is 7.29. The van der Waals surface area contributed by atoms with Gasteiger partial charge < -0.3 is 0 Å². The molecule has 0 amide bonds. The topological polar surface area (TPSA) is 30.0 Å². The molecule has 0 bridgehead atoms. The molecule has 1 aromatic heterocycles. The van der Waals surface area contributed by atoms with Gasteiger partial charge in [0.2, 0.25) is 0 Å². The van der Waals surface area contributed by atoms with E-state index in [4.69, 9.17) is 0 Å². The molecular weight excluding hydrogens is 158 g/mol. The summed E-state index contributed by atoms with van der Waals surface area (Å²) in [7, 11) is 0. The highest BCUT2D eigenvalue weighted by Gasteiger charge is 1.77. The Hall–Kier alpha value is -0.830. The molecule has 3 heteroatoms. The number of aromatic nitrogens is 1. The third kappa shape index (κ3) is 9.17. The van der Waals surface area contributed by atoms with Gasteiger partial charge in [-0.15, -0.1) is 0 Å². The van der Waals surface area contributed by atoms with Gasteiger partial charge in [0.05, 0.1) is 0 Å². The van der Waals surface area contributed by atoms with E-state index in [1.54, 1.807) is 12.4 Å². The van der Waals surface area contributed by atoms with Gasteiger partial charge in [-0.1, -0.05) is 6.07 Å². The smallest absolute Gasteiger partial charge is 0.139 e. The van der Waals surface area contributed by atoms with Crippen molar-refractivity contribution in [2.45, 2.75) is 6.92 Å². The maximum atomic E-state index is 9.74. The van der Waals surface area contributed by atoms with E-state index in [9.17, 15) is 4.79 Å². The van der Waals surface area contributed by atoms with Crippen LogP contribution >= 0.6 is 12.6 Å². The van der Waals surface area contributed by atoms with Crippen molar-refractivity contribution < 1.29 is 4.79 Å². The lowest BCUT2D eigenvalue weighted by molar-refractivity contribution is -0.114. The van der Waals surface area contributed by atoms with Gasteiger partial charge in [0, 0.05) is 18.1 Å². The zero-order chi connectivity index (χ0) is 8.53. The lowest BCUT2D eigenvalue weighted by Gasteiger charge is -1.71. The Kier molecular flexibility index (Phi) is 6.73. The molecule has 0 radical (unpaired) electrons. The van der Waals surface area contributed by atoms with Crippen LogP contribution in [-0.2, 0) is 4.79 Å². The average molecular weight is 169 g/mol. The number of pyridine rings is 1. The summed E-state index contributed by atoms with van der Waals surface area (Å²) in [5, 5.41) is 0. The van der Waals surface area contributed by atoms with Crippen molar-refractivity contribution in [2.75, 3.05) is 5.75 Å². The van der Waals surface area contributed by atoms with E-state index in [0.717, 1.165) is 0 Å². The van der Waals surface area contributed by atoms with E-state index in [0.29, 0.717) is 5.75 Å². The number of ketones is 1. The first-order valence-corrected chi connectivity index (χ1v) is 3.86. The lowest BCUT2D eigenvalue weighted by atomic mass is 10.5. The summed E-state index contributed by atoms with van der Waals surface area (Å²) in [5.74, 6) is 0.480. The highest BCUT2D eigenvalue weighted by atomic mass is 32.1. The number of nitrogens with zero attached hydrogens (tertiary/aromatic N) is 1. The fourth-order valence-electron chi connectivity index (χ4n) is 0.313. The van der Waals surface area contributed by atoms with Gasteiger partial charge in [-0.2, -0.15) is 12.6 Å². The molecule has 11 heavy (non-hydrogen) atoms. The van der Waals surface area contributed by atoms with Crippen LogP contribution in [0.3, 0.4) is 0 Å². The molecular formula is C8H11NOS. The third-order valence-electron chi connectivity index (χ3n) is 0.789. The van der Waals surface area contributed by atoms with Crippen molar-refractivity contribution in [2.24, 2.45) is 0 Å². The minimum atomic E-state index is 0.119. The van der Waals surface area contributed by atoms with Crippen molar-refractivity contribution in [3.63, 3.8) is 0 Å². The van der Waals surface area contributed by atoms with Gasteiger partial charge in [0.25, 0.3) is 0 Å². The molecule has 1 heterocycles. The van der Waals surface area contributed by atoms with Crippen LogP contribution in [0.25, 0.3) is 0 Å². The first-order chi connectivity index (χ1) is 5.27. The summed E-state index contributed by atoms with van der Waals surface area (Å²) in [6, 6.07) is 5.72. The van der Waals surface area contributed by atoms with Gasteiger partial charge in [0.15, 0.2) is 0 Å². The summed E-state index contributed by atoms with van der Waals surface area (Å²) >= 11 is 3.67. The van der Waals surface area contributed by atoms with Crippen molar-refractivity contribution >= 4 is 18.4 Å². The highest BCUT2D eigenvalue weighted by molar-refractivity contribution is 7.81. The van der Waals surface area contributed by atoms with Gasteiger partial charge in [-0.3, -0.25) is 9.78 Å². The first-order valence-electron chi connectivity index (χ1n) is 3.22. The number of carbonyl (C=O) groups is 1. The number of Topliss-reactive ketones (excluding diaryl/α,β-unsaturated/α-hetero) is 1. The summed E-state index contributed by atoms with van der Waals surface area (Å²) in [6.45, 7) is 1.51. The number of hydrogen-bond acceptors (Lipinski definition) is 3. The monoisotopic (exact) mass is 169 g/mol. The molecule has 0 saturated heterocycles. The number of rotatable bonds is 1. The van der Waals surface area contributed by atoms with Gasteiger partial charge in [-0.25, -0.2) is 0 Å². The SMILES string of the molecule is CC(=O)CS.c1ccncc1. The van der Waals surface area contributed by atoms with Crippen LogP contribution in [0.15, 0.2) is 30.6 Å².